The largest absolute Gasteiger partial charge is 0.492 e. The number of ether oxygens (including phenoxy) is 1. The average Bonchev–Trinajstić information content (AvgIpc) is 2.41. The number of unbranched alkanes of at least 4 members (excludes halogenated alkanes) is 2. The predicted molar refractivity (Wildman–Crippen MR) is 82.0 cm³/mol. The predicted octanol–water partition coefficient (Wildman–Crippen LogP) is 3.60. The number of benzene rings is 1. The zero-order chi connectivity index (χ0) is 15.0. The van der Waals surface area contributed by atoms with Crippen LogP contribution in [-0.2, 0) is 10.0 Å². The fraction of sp³-hybridized carbons (Fsp3) is 0.571. The van der Waals surface area contributed by atoms with E-state index in [1.54, 1.807) is 6.07 Å². The van der Waals surface area contributed by atoms with Gasteiger partial charge in [0.2, 0.25) is 10.0 Å². The SMILES string of the molecule is CCCCNS(=O)(=O)c1ccc(Cl)c(OCCCC)c1. The number of rotatable bonds is 9. The van der Waals surface area contributed by atoms with E-state index in [9.17, 15) is 8.42 Å². The Labute approximate surface area is 126 Å². The van der Waals surface area contributed by atoms with Gasteiger partial charge in [-0.3, -0.25) is 0 Å². The molecule has 114 valence electrons. The number of halogens is 1. The molecule has 1 aromatic carbocycles. The van der Waals surface area contributed by atoms with Crippen molar-refractivity contribution in [1.29, 1.82) is 0 Å². The molecule has 0 saturated heterocycles. The van der Waals surface area contributed by atoms with Gasteiger partial charge in [0.1, 0.15) is 5.75 Å². The van der Waals surface area contributed by atoms with Gasteiger partial charge in [-0.1, -0.05) is 38.3 Å². The van der Waals surface area contributed by atoms with Crippen molar-refractivity contribution in [3.05, 3.63) is 23.2 Å². The van der Waals surface area contributed by atoms with Crippen LogP contribution in [0.2, 0.25) is 5.02 Å². The second kappa shape index (κ2) is 8.49. The van der Waals surface area contributed by atoms with Gasteiger partial charge in [-0.15, -0.1) is 0 Å². The molecule has 1 rings (SSSR count). The Morgan fingerprint density at radius 2 is 1.90 bits per heavy atom. The molecule has 0 saturated carbocycles. The van der Waals surface area contributed by atoms with E-state index in [4.69, 9.17) is 16.3 Å². The molecule has 4 nitrogen and oxygen atoms in total. The lowest BCUT2D eigenvalue weighted by Crippen LogP contribution is -2.24. The van der Waals surface area contributed by atoms with Crippen molar-refractivity contribution in [3.8, 4) is 5.75 Å². The van der Waals surface area contributed by atoms with Gasteiger partial charge in [-0.05, 0) is 25.0 Å². The summed E-state index contributed by atoms with van der Waals surface area (Å²) in [6, 6.07) is 4.52. The first-order valence-electron chi connectivity index (χ1n) is 6.93. The van der Waals surface area contributed by atoms with Crippen molar-refractivity contribution >= 4 is 21.6 Å². The molecule has 1 N–H and O–H groups in total. The number of hydrogen-bond acceptors (Lipinski definition) is 3. The molecule has 0 aliphatic heterocycles. The Morgan fingerprint density at radius 3 is 2.55 bits per heavy atom. The van der Waals surface area contributed by atoms with Crippen LogP contribution >= 0.6 is 11.6 Å². The topological polar surface area (TPSA) is 55.4 Å². The second-order valence-electron chi connectivity index (χ2n) is 4.55. The Balaban J connectivity index is 2.82. The Morgan fingerprint density at radius 1 is 1.20 bits per heavy atom. The molecule has 6 heteroatoms. The summed E-state index contributed by atoms with van der Waals surface area (Å²) in [6.07, 6.45) is 3.66. The molecule has 20 heavy (non-hydrogen) atoms. The van der Waals surface area contributed by atoms with Crippen molar-refractivity contribution in [3.63, 3.8) is 0 Å². The van der Waals surface area contributed by atoms with E-state index in [-0.39, 0.29) is 4.90 Å². The monoisotopic (exact) mass is 319 g/mol. The zero-order valence-electron chi connectivity index (χ0n) is 12.0. The van der Waals surface area contributed by atoms with Crippen LogP contribution in [0.1, 0.15) is 39.5 Å². The van der Waals surface area contributed by atoms with Gasteiger partial charge in [0, 0.05) is 12.6 Å². The van der Waals surface area contributed by atoms with Gasteiger partial charge in [0.15, 0.2) is 0 Å². The third-order valence-electron chi connectivity index (χ3n) is 2.79. The van der Waals surface area contributed by atoms with Crippen LogP contribution in [0.4, 0.5) is 0 Å². The van der Waals surface area contributed by atoms with E-state index in [1.807, 2.05) is 6.92 Å². The van der Waals surface area contributed by atoms with Gasteiger partial charge in [-0.25, -0.2) is 13.1 Å². The molecule has 0 heterocycles. The molecule has 0 bridgehead atoms. The smallest absolute Gasteiger partial charge is 0.240 e. The lowest BCUT2D eigenvalue weighted by atomic mass is 10.3. The van der Waals surface area contributed by atoms with E-state index in [2.05, 4.69) is 11.6 Å². The van der Waals surface area contributed by atoms with Gasteiger partial charge in [-0.2, -0.15) is 0 Å². The first-order chi connectivity index (χ1) is 9.51. The fourth-order valence-electron chi connectivity index (χ4n) is 1.55. The third kappa shape index (κ3) is 5.31. The van der Waals surface area contributed by atoms with Crippen LogP contribution in [0.25, 0.3) is 0 Å². The van der Waals surface area contributed by atoms with Crippen molar-refractivity contribution in [1.82, 2.24) is 4.72 Å². The minimum atomic E-state index is -3.49. The minimum absolute atomic E-state index is 0.185. The summed E-state index contributed by atoms with van der Waals surface area (Å²) >= 11 is 6.01. The molecule has 0 aromatic heterocycles. The summed E-state index contributed by atoms with van der Waals surface area (Å²) < 4.78 is 32.3. The molecular weight excluding hydrogens is 298 g/mol. The molecule has 0 radical (unpaired) electrons. The number of hydrogen-bond donors (Lipinski definition) is 1. The van der Waals surface area contributed by atoms with Crippen LogP contribution < -0.4 is 9.46 Å². The molecule has 1 aromatic rings. The number of sulfonamides is 1. The maximum Gasteiger partial charge on any atom is 0.240 e. The molecule has 0 unspecified atom stereocenters. The Kier molecular flexibility index (Phi) is 7.34. The highest BCUT2D eigenvalue weighted by atomic mass is 35.5. The van der Waals surface area contributed by atoms with E-state index < -0.39 is 10.0 Å². The van der Waals surface area contributed by atoms with Gasteiger partial charge < -0.3 is 4.74 Å². The van der Waals surface area contributed by atoms with E-state index in [1.165, 1.54) is 12.1 Å². The van der Waals surface area contributed by atoms with Crippen molar-refractivity contribution in [2.45, 2.75) is 44.4 Å². The molecular formula is C14H22ClNO3S. The van der Waals surface area contributed by atoms with Crippen LogP contribution in [0.5, 0.6) is 5.75 Å². The van der Waals surface area contributed by atoms with Crippen molar-refractivity contribution in [2.75, 3.05) is 13.2 Å². The summed E-state index contributed by atoms with van der Waals surface area (Å²) in [5.74, 6) is 0.415. The van der Waals surface area contributed by atoms with Crippen molar-refractivity contribution < 1.29 is 13.2 Å². The van der Waals surface area contributed by atoms with E-state index in [0.29, 0.717) is 23.9 Å². The summed E-state index contributed by atoms with van der Waals surface area (Å²) in [4.78, 5) is 0.185. The Bertz CT molecular complexity index is 517. The van der Waals surface area contributed by atoms with Gasteiger partial charge >= 0.3 is 0 Å². The average molecular weight is 320 g/mol. The lowest BCUT2D eigenvalue weighted by Gasteiger charge is -2.11. The minimum Gasteiger partial charge on any atom is -0.492 e. The van der Waals surface area contributed by atoms with Crippen molar-refractivity contribution in [2.24, 2.45) is 0 Å². The van der Waals surface area contributed by atoms with Gasteiger partial charge in [0.05, 0.1) is 16.5 Å². The molecule has 0 fully saturated rings. The quantitative estimate of drug-likeness (QED) is 0.708. The van der Waals surface area contributed by atoms with Crippen LogP contribution in [0.15, 0.2) is 23.1 Å². The normalized spacial score (nSPS) is 11.6. The zero-order valence-corrected chi connectivity index (χ0v) is 13.6. The van der Waals surface area contributed by atoms with E-state index in [0.717, 1.165) is 25.7 Å². The summed E-state index contributed by atoms with van der Waals surface area (Å²) in [5, 5.41) is 0.425. The first-order valence-corrected chi connectivity index (χ1v) is 8.79. The third-order valence-corrected chi connectivity index (χ3v) is 4.56. The lowest BCUT2D eigenvalue weighted by molar-refractivity contribution is 0.309. The maximum atomic E-state index is 12.1. The summed E-state index contributed by atoms with van der Waals surface area (Å²) in [6.45, 7) is 5.04. The van der Waals surface area contributed by atoms with E-state index >= 15 is 0 Å². The molecule has 0 aliphatic rings. The van der Waals surface area contributed by atoms with Crippen LogP contribution in [0.3, 0.4) is 0 Å². The van der Waals surface area contributed by atoms with Crippen LogP contribution in [0, 0.1) is 0 Å². The fourth-order valence-corrected chi connectivity index (χ4v) is 2.82. The number of nitrogens with one attached hydrogen (secondary N) is 1. The maximum absolute atomic E-state index is 12.1. The molecule has 0 aliphatic carbocycles. The molecule has 0 amide bonds. The molecule has 0 atom stereocenters. The Hall–Kier alpha value is -0.780. The van der Waals surface area contributed by atoms with Gasteiger partial charge in [0.25, 0.3) is 0 Å². The molecule has 0 spiro atoms. The highest BCUT2D eigenvalue weighted by Crippen LogP contribution is 2.27. The summed E-state index contributed by atoms with van der Waals surface area (Å²) in [7, 11) is -3.49. The summed E-state index contributed by atoms with van der Waals surface area (Å²) in [5.41, 5.74) is 0. The highest BCUT2D eigenvalue weighted by Gasteiger charge is 2.15. The van der Waals surface area contributed by atoms with Crippen LogP contribution in [-0.4, -0.2) is 21.6 Å². The first kappa shape index (κ1) is 17.3. The standard InChI is InChI=1S/C14H22ClNO3S/c1-3-5-9-16-20(17,18)12-7-8-13(15)14(11-12)19-10-6-4-2/h7-8,11,16H,3-6,9-10H2,1-2H3. The second-order valence-corrected chi connectivity index (χ2v) is 6.72. The highest BCUT2D eigenvalue weighted by molar-refractivity contribution is 7.89.